The summed E-state index contributed by atoms with van der Waals surface area (Å²) in [6, 6.07) is 9.46. The van der Waals surface area contributed by atoms with Crippen molar-refractivity contribution in [3.63, 3.8) is 0 Å². The molecule has 0 saturated heterocycles. The van der Waals surface area contributed by atoms with Gasteiger partial charge in [-0.15, -0.1) is 11.3 Å². The molecule has 0 spiro atoms. The van der Waals surface area contributed by atoms with Crippen LogP contribution in [0.15, 0.2) is 47.4 Å². The molecule has 0 radical (unpaired) electrons. The number of carboxylic acid groups (broad SMARTS) is 1. The Hall–Kier alpha value is -2.40. The summed E-state index contributed by atoms with van der Waals surface area (Å²) in [6.45, 7) is 6.08. The topological polar surface area (TPSA) is 57.6 Å². The molecule has 1 N–H and O–H groups in total. The summed E-state index contributed by atoms with van der Waals surface area (Å²) in [4.78, 5) is 26.7. The van der Waals surface area contributed by atoms with Crippen LogP contribution in [0.25, 0.3) is 11.1 Å². The fourth-order valence-electron chi connectivity index (χ4n) is 3.49. The molecule has 1 unspecified atom stereocenters. The van der Waals surface area contributed by atoms with E-state index in [2.05, 4.69) is 13.0 Å². The van der Waals surface area contributed by atoms with Gasteiger partial charge in [0, 0.05) is 23.2 Å². The molecular formula is C21H23NO3S. The third-order valence-corrected chi connectivity index (χ3v) is 5.62. The Kier molecular flexibility index (Phi) is 5.28. The number of hydrogen-bond acceptors (Lipinski definition) is 3. The van der Waals surface area contributed by atoms with Crippen LogP contribution in [0.3, 0.4) is 0 Å². The Morgan fingerprint density at radius 2 is 2.04 bits per heavy atom. The number of nitrogens with zero attached hydrogens (tertiary/aromatic N) is 1. The Balaban J connectivity index is 1.95. The molecule has 4 nitrogen and oxygen atoms in total. The van der Waals surface area contributed by atoms with Crippen molar-refractivity contribution in [1.29, 1.82) is 0 Å². The van der Waals surface area contributed by atoms with E-state index in [0.29, 0.717) is 10.4 Å². The minimum atomic E-state index is -0.926. The van der Waals surface area contributed by atoms with E-state index < -0.39 is 5.97 Å². The van der Waals surface area contributed by atoms with Crippen molar-refractivity contribution in [1.82, 2.24) is 0 Å². The summed E-state index contributed by atoms with van der Waals surface area (Å²) < 4.78 is 0. The Morgan fingerprint density at radius 1 is 1.27 bits per heavy atom. The van der Waals surface area contributed by atoms with Crippen LogP contribution >= 0.6 is 11.3 Å². The van der Waals surface area contributed by atoms with Crippen molar-refractivity contribution in [2.75, 3.05) is 4.90 Å². The SMILES string of the molecule is CC1=CCC(C(=O)N(c2cccc(-c3ccsc3C(=O)O)c2)C(C)C)C1. The van der Waals surface area contributed by atoms with Crippen LogP contribution in [0, 0.1) is 5.92 Å². The molecule has 0 bridgehead atoms. The van der Waals surface area contributed by atoms with Crippen LogP contribution in [-0.2, 0) is 4.79 Å². The van der Waals surface area contributed by atoms with Gasteiger partial charge in [0.05, 0.1) is 0 Å². The second kappa shape index (κ2) is 7.46. The molecule has 1 aliphatic carbocycles. The average molecular weight is 369 g/mol. The number of hydrogen-bond donors (Lipinski definition) is 1. The van der Waals surface area contributed by atoms with Gasteiger partial charge in [0.25, 0.3) is 0 Å². The summed E-state index contributed by atoms with van der Waals surface area (Å²) >= 11 is 1.21. The smallest absolute Gasteiger partial charge is 0.346 e. The van der Waals surface area contributed by atoms with E-state index in [-0.39, 0.29) is 17.9 Å². The maximum atomic E-state index is 13.1. The number of benzene rings is 1. The van der Waals surface area contributed by atoms with Gasteiger partial charge in [0.1, 0.15) is 4.88 Å². The van der Waals surface area contributed by atoms with Crippen LogP contribution in [0.4, 0.5) is 5.69 Å². The lowest BCUT2D eigenvalue weighted by atomic mass is 10.0. The fraction of sp³-hybridized carbons (Fsp3) is 0.333. The molecule has 0 fully saturated rings. The summed E-state index contributed by atoms with van der Waals surface area (Å²) in [5.74, 6) is -0.796. The Labute approximate surface area is 157 Å². The number of carbonyl (C=O) groups is 2. The predicted octanol–water partition coefficient (Wildman–Crippen LogP) is 5.21. The average Bonchev–Trinajstić information content (AvgIpc) is 3.23. The van der Waals surface area contributed by atoms with Gasteiger partial charge in [-0.2, -0.15) is 0 Å². The molecule has 1 atom stereocenters. The van der Waals surface area contributed by atoms with Gasteiger partial charge in [-0.05, 0) is 62.8 Å². The molecule has 1 aromatic heterocycles. The van der Waals surface area contributed by atoms with Crippen molar-refractivity contribution in [2.45, 2.75) is 39.7 Å². The first-order chi connectivity index (χ1) is 12.4. The van der Waals surface area contributed by atoms with Crippen LogP contribution in [0.2, 0.25) is 0 Å². The zero-order chi connectivity index (χ0) is 18.8. The summed E-state index contributed by atoms with van der Waals surface area (Å²) in [7, 11) is 0. The van der Waals surface area contributed by atoms with Gasteiger partial charge in [-0.3, -0.25) is 4.79 Å². The van der Waals surface area contributed by atoms with Crippen molar-refractivity contribution in [3.8, 4) is 11.1 Å². The second-order valence-electron chi connectivity index (χ2n) is 7.01. The standard InChI is InChI=1S/C21H23NO3S/c1-13(2)22(20(23)16-8-7-14(3)11-16)17-6-4-5-15(12-17)18-9-10-26-19(18)21(24)25/h4-7,9-10,12-13,16H,8,11H2,1-3H3,(H,24,25). The first-order valence-corrected chi connectivity index (χ1v) is 9.66. The summed E-state index contributed by atoms with van der Waals surface area (Å²) in [5, 5.41) is 11.2. The largest absolute Gasteiger partial charge is 0.477 e. The minimum Gasteiger partial charge on any atom is -0.477 e. The van der Waals surface area contributed by atoms with E-state index in [1.54, 1.807) is 5.38 Å². The molecule has 1 aliphatic rings. The zero-order valence-electron chi connectivity index (χ0n) is 15.2. The molecule has 1 amide bonds. The van der Waals surface area contributed by atoms with E-state index in [0.717, 1.165) is 24.1 Å². The van der Waals surface area contributed by atoms with Gasteiger partial charge < -0.3 is 10.0 Å². The van der Waals surface area contributed by atoms with E-state index in [4.69, 9.17) is 0 Å². The third-order valence-electron chi connectivity index (χ3n) is 4.72. The maximum absolute atomic E-state index is 13.1. The zero-order valence-corrected chi connectivity index (χ0v) is 16.0. The quantitative estimate of drug-likeness (QED) is 0.736. The third kappa shape index (κ3) is 3.58. The van der Waals surface area contributed by atoms with E-state index >= 15 is 0 Å². The summed E-state index contributed by atoms with van der Waals surface area (Å²) in [6.07, 6.45) is 3.75. The van der Waals surface area contributed by atoms with Gasteiger partial charge >= 0.3 is 5.97 Å². The maximum Gasteiger partial charge on any atom is 0.346 e. The normalized spacial score (nSPS) is 16.6. The monoisotopic (exact) mass is 369 g/mol. The van der Waals surface area contributed by atoms with Gasteiger partial charge in [0.15, 0.2) is 0 Å². The lowest BCUT2D eigenvalue weighted by molar-refractivity contribution is -0.122. The molecule has 136 valence electrons. The van der Waals surface area contributed by atoms with Crippen LogP contribution in [0.1, 0.15) is 43.3 Å². The van der Waals surface area contributed by atoms with Crippen LogP contribution < -0.4 is 4.90 Å². The number of amides is 1. The number of allylic oxidation sites excluding steroid dienone is 2. The predicted molar refractivity (Wildman–Crippen MR) is 106 cm³/mol. The molecular weight excluding hydrogens is 346 g/mol. The van der Waals surface area contributed by atoms with Crippen molar-refractivity contribution >= 4 is 28.9 Å². The highest BCUT2D eigenvalue weighted by atomic mass is 32.1. The van der Waals surface area contributed by atoms with Gasteiger partial charge in [-0.1, -0.05) is 23.8 Å². The molecule has 1 aromatic carbocycles. The molecule has 5 heteroatoms. The van der Waals surface area contributed by atoms with Crippen molar-refractivity contribution in [2.24, 2.45) is 5.92 Å². The van der Waals surface area contributed by atoms with Crippen LogP contribution in [-0.4, -0.2) is 23.0 Å². The first-order valence-electron chi connectivity index (χ1n) is 8.78. The fourth-order valence-corrected chi connectivity index (χ4v) is 4.24. The number of carboxylic acids is 1. The van der Waals surface area contributed by atoms with E-state index in [9.17, 15) is 14.7 Å². The van der Waals surface area contributed by atoms with Crippen molar-refractivity contribution in [3.05, 3.63) is 52.2 Å². The Morgan fingerprint density at radius 3 is 2.65 bits per heavy atom. The van der Waals surface area contributed by atoms with Crippen LogP contribution in [0.5, 0.6) is 0 Å². The van der Waals surface area contributed by atoms with E-state index in [1.165, 1.54) is 16.9 Å². The number of thiophene rings is 1. The van der Waals surface area contributed by atoms with Gasteiger partial charge in [0.2, 0.25) is 5.91 Å². The number of carbonyl (C=O) groups excluding carboxylic acids is 1. The lowest BCUT2D eigenvalue weighted by Crippen LogP contribution is -2.40. The Bertz CT molecular complexity index is 866. The lowest BCUT2D eigenvalue weighted by Gasteiger charge is -2.30. The number of aromatic carboxylic acids is 1. The van der Waals surface area contributed by atoms with Crippen molar-refractivity contribution < 1.29 is 14.7 Å². The number of rotatable bonds is 5. The highest BCUT2D eigenvalue weighted by molar-refractivity contribution is 7.12. The highest BCUT2D eigenvalue weighted by Crippen LogP contribution is 2.33. The molecule has 0 saturated carbocycles. The molecule has 0 aliphatic heterocycles. The molecule has 3 rings (SSSR count). The van der Waals surface area contributed by atoms with E-state index in [1.807, 2.05) is 49.1 Å². The second-order valence-corrected chi connectivity index (χ2v) is 7.92. The highest BCUT2D eigenvalue weighted by Gasteiger charge is 2.29. The first kappa shape index (κ1) is 18.4. The van der Waals surface area contributed by atoms with Gasteiger partial charge in [-0.25, -0.2) is 4.79 Å². The molecule has 1 heterocycles. The summed E-state index contributed by atoms with van der Waals surface area (Å²) in [5.41, 5.74) is 3.60. The molecule has 2 aromatic rings. The minimum absolute atomic E-state index is 0.00298. The molecule has 26 heavy (non-hydrogen) atoms. The number of anilines is 1.